The van der Waals surface area contributed by atoms with Gasteiger partial charge in [-0.15, -0.1) is 0 Å². The molecule has 1 heterocycles. The Kier molecular flexibility index (Phi) is 7.10. The number of aryl methyl sites for hydroxylation is 2. The van der Waals surface area contributed by atoms with Gasteiger partial charge >= 0.3 is 0 Å². The quantitative estimate of drug-likeness (QED) is 0.533. The fraction of sp³-hybridized carbons (Fsp3) is 0.407. The van der Waals surface area contributed by atoms with E-state index in [2.05, 4.69) is 5.32 Å². The summed E-state index contributed by atoms with van der Waals surface area (Å²) in [5.74, 6) is 1.05. The topological polar surface area (TPSA) is 87.0 Å². The zero-order valence-electron chi connectivity index (χ0n) is 20.2. The van der Waals surface area contributed by atoms with Gasteiger partial charge in [0.2, 0.25) is 11.2 Å². The summed E-state index contributed by atoms with van der Waals surface area (Å²) in [4.78, 5) is 26.2. The lowest BCUT2D eigenvalue weighted by atomic mass is 9.95. The molecular weight excluding hydrogens is 434 g/mol. The highest BCUT2D eigenvalue weighted by molar-refractivity contribution is 5.86. The number of ether oxygens (including phenoxy) is 3. The Hall–Kier alpha value is -3.48. The summed E-state index contributed by atoms with van der Waals surface area (Å²) < 4.78 is 22.8. The van der Waals surface area contributed by atoms with Crippen molar-refractivity contribution in [2.45, 2.75) is 52.0 Å². The van der Waals surface area contributed by atoms with Gasteiger partial charge in [0.25, 0.3) is 5.91 Å². The van der Waals surface area contributed by atoms with Crippen LogP contribution in [0.1, 0.15) is 43.2 Å². The van der Waals surface area contributed by atoms with Crippen molar-refractivity contribution >= 4 is 16.9 Å². The highest BCUT2D eigenvalue weighted by Gasteiger charge is 2.22. The SMILES string of the molecule is COc1ccc(-c2oc3cc(C)cc(C)c3c(=O)c2OCC(=O)NC2CCCCC2)cc1OC. The predicted octanol–water partition coefficient (Wildman–Crippen LogP) is 4.92. The van der Waals surface area contributed by atoms with Crippen LogP contribution in [0.15, 0.2) is 39.5 Å². The zero-order valence-corrected chi connectivity index (χ0v) is 20.2. The first-order valence-electron chi connectivity index (χ1n) is 11.6. The van der Waals surface area contributed by atoms with Gasteiger partial charge in [-0.05, 0) is 62.1 Å². The monoisotopic (exact) mass is 465 g/mol. The first-order valence-corrected chi connectivity index (χ1v) is 11.6. The van der Waals surface area contributed by atoms with E-state index < -0.39 is 0 Å². The largest absolute Gasteiger partial charge is 0.493 e. The summed E-state index contributed by atoms with van der Waals surface area (Å²) in [6.45, 7) is 3.54. The van der Waals surface area contributed by atoms with E-state index in [1.165, 1.54) is 13.5 Å². The van der Waals surface area contributed by atoms with Crippen molar-refractivity contribution in [3.63, 3.8) is 0 Å². The summed E-state index contributed by atoms with van der Waals surface area (Å²) in [5.41, 5.74) is 2.50. The molecule has 0 unspecified atom stereocenters. The molecule has 1 fully saturated rings. The van der Waals surface area contributed by atoms with Crippen molar-refractivity contribution < 1.29 is 23.4 Å². The Morgan fingerprint density at radius 2 is 1.76 bits per heavy atom. The normalized spacial score (nSPS) is 14.1. The van der Waals surface area contributed by atoms with Crippen molar-refractivity contribution in [1.82, 2.24) is 5.32 Å². The maximum atomic E-state index is 13.6. The molecule has 0 saturated heterocycles. The number of amides is 1. The molecule has 0 bridgehead atoms. The van der Waals surface area contributed by atoms with Crippen molar-refractivity contribution in [3.05, 3.63) is 51.7 Å². The molecule has 1 saturated carbocycles. The minimum atomic E-state index is -0.311. The van der Waals surface area contributed by atoms with E-state index in [4.69, 9.17) is 18.6 Å². The molecule has 34 heavy (non-hydrogen) atoms. The molecule has 0 spiro atoms. The predicted molar refractivity (Wildman–Crippen MR) is 131 cm³/mol. The van der Waals surface area contributed by atoms with Crippen LogP contribution in [0.2, 0.25) is 0 Å². The lowest BCUT2D eigenvalue weighted by molar-refractivity contribution is -0.124. The van der Waals surface area contributed by atoms with E-state index in [-0.39, 0.29) is 35.5 Å². The average molecular weight is 466 g/mol. The van der Waals surface area contributed by atoms with Gasteiger partial charge in [0.05, 0.1) is 19.6 Å². The van der Waals surface area contributed by atoms with Crippen molar-refractivity contribution in [2.75, 3.05) is 20.8 Å². The second kappa shape index (κ2) is 10.2. The van der Waals surface area contributed by atoms with Gasteiger partial charge in [-0.3, -0.25) is 9.59 Å². The maximum Gasteiger partial charge on any atom is 0.258 e. The fourth-order valence-electron chi connectivity index (χ4n) is 4.63. The van der Waals surface area contributed by atoms with Crippen LogP contribution in [0.25, 0.3) is 22.3 Å². The third-order valence-corrected chi connectivity index (χ3v) is 6.26. The molecule has 1 N–H and O–H groups in total. The molecule has 3 aromatic rings. The van der Waals surface area contributed by atoms with E-state index in [0.717, 1.165) is 36.8 Å². The van der Waals surface area contributed by atoms with E-state index in [9.17, 15) is 9.59 Å². The van der Waals surface area contributed by atoms with Crippen LogP contribution in [0.4, 0.5) is 0 Å². The van der Waals surface area contributed by atoms with E-state index >= 15 is 0 Å². The molecule has 0 radical (unpaired) electrons. The van der Waals surface area contributed by atoms with E-state index in [0.29, 0.717) is 28.0 Å². The number of fused-ring (bicyclic) bond motifs is 1. The molecule has 0 atom stereocenters. The van der Waals surface area contributed by atoms with E-state index in [1.807, 2.05) is 26.0 Å². The third-order valence-electron chi connectivity index (χ3n) is 6.26. The number of carbonyl (C=O) groups excluding carboxylic acids is 1. The molecule has 0 aliphatic heterocycles. The second-order valence-corrected chi connectivity index (χ2v) is 8.81. The van der Waals surface area contributed by atoms with Crippen LogP contribution in [0, 0.1) is 13.8 Å². The minimum Gasteiger partial charge on any atom is -0.493 e. The first-order chi connectivity index (χ1) is 16.4. The zero-order chi connectivity index (χ0) is 24.2. The van der Waals surface area contributed by atoms with Crippen LogP contribution in [0.3, 0.4) is 0 Å². The fourth-order valence-corrected chi connectivity index (χ4v) is 4.63. The maximum absolute atomic E-state index is 13.6. The Morgan fingerprint density at radius 3 is 2.47 bits per heavy atom. The Labute approximate surface area is 199 Å². The number of methoxy groups -OCH3 is 2. The number of hydrogen-bond acceptors (Lipinski definition) is 6. The number of rotatable bonds is 7. The number of benzene rings is 2. The lowest BCUT2D eigenvalue weighted by Gasteiger charge is -2.22. The summed E-state index contributed by atoms with van der Waals surface area (Å²) in [7, 11) is 3.09. The summed E-state index contributed by atoms with van der Waals surface area (Å²) in [6.07, 6.45) is 5.37. The van der Waals surface area contributed by atoms with Crippen LogP contribution in [0.5, 0.6) is 17.2 Å². The molecule has 7 nitrogen and oxygen atoms in total. The van der Waals surface area contributed by atoms with Crippen LogP contribution in [-0.4, -0.2) is 32.8 Å². The summed E-state index contributed by atoms with van der Waals surface area (Å²) in [6, 6.07) is 9.14. The molecule has 7 heteroatoms. The van der Waals surface area contributed by atoms with Gasteiger partial charge < -0.3 is 23.9 Å². The van der Waals surface area contributed by atoms with Gasteiger partial charge in [0.15, 0.2) is 23.9 Å². The standard InChI is InChI=1S/C27H31NO6/c1-16-12-17(2)24-22(13-16)34-26(18-10-11-20(31-3)21(14-18)32-4)27(25(24)30)33-15-23(29)28-19-8-6-5-7-9-19/h10-14,19H,5-9,15H2,1-4H3,(H,28,29). The van der Waals surface area contributed by atoms with Crippen LogP contribution < -0.4 is 25.0 Å². The average Bonchev–Trinajstić information content (AvgIpc) is 2.83. The molecule has 4 rings (SSSR count). The molecule has 1 aromatic heterocycles. The van der Waals surface area contributed by atoms with Crippen molar-refractivity contribution in [3.8, 4) is 28.6 Å². The molecule has 180 valence electrons. The van der Waals surface area contributed by atoms with Crippen molar-refractivity contribution in [2.24, 2.45) is 0 Å². The van der Waals surface area contributed by atoms with E-state index in [1.54, 1.807) is 25.3 Å². The lowest BCUT2D eigenvalue weighted by Crippen LogP contribution is -2.39. The minimum absolute atomic E-state index is 0.00506. The smallest absolute Gasteiger partial charge is 0.258 e. The van der Waals surface area contributed by atoms with Gasteiger partial charge in [-0.1, -0.05) is 25.3 Å². The molecule has 1 aliphatic rings. The van der Waals surface area contributed by atoms with Gasteiger partial charge in [0.1, 0.15) is 5.58 Å². The molecular formula is C27H31NO6. The first kappa shape index (κ1) is 23.7. The van der Waals surface area contributed by atoms with Crippen LogP contribution >= 0.6 is 0 Å². The summed E-state index contributed by atoms with van der Waals surface area (Å²) >= 11 is 0. The molecule has 1 aliphatic carbocycles. The Bertz CT molecular complexity index is 1260. The number of hydrogen-bond donors (Lipinski definition) is 1. The molecule has 2 aromatic carbocycles. The highest BCUT2D eigenvalue weighted by atomic mass is 16.5. The third kappa shape index (κ3) is 4.88. The molecule has 1 amide bonds. The number of carbonyl (C=O) groups is 1. The van der Waals surface area contributed by atoms with Gasteiger partial charge in [-0.25, -0.2) is 0 Å². The second-order valence-electron chi connectivity index (χ2n) is 8.81. The van der Waals surface area contributed by atoms with Crippen LogP contribution in [-0.2, 0) is 4.79 Å². The number of nitrogens with one attached hydrogen (secondary N) is 1. The highest BCUT2D eigenvalue weighted by Crippen LogP contribution is 2.37. The summed E-state index contributed by atoms with van der Waals surface area (Å²) in [5, 5.41) is 3.47. The Balaban J connectivity index is 1.75. The van der Waals surface area contributed by atoms with Gasteiger partial charge in [0, 0.05) is 11.6 Å². The van der Waals surface area contributed by atoms with Crippen molar-refractivity contribution in [1.29, 1.82) is 0 Å². The van der Waals surface area contributed by atoms with Gasteiger partial charge in [-0.2, -0.15) is 0 Å². The Morgan fingerprint density at radius 1 is 1.03 bits per heavy atom.